The molecule has 0 saturated heterocycles. The largest absolute Gasteiger partial charge is 0.481 e. The number of methoxy groups -OCH3 is 1. The summed E-state index contributed by atoms with van der Waals surface area (Å²) in [6.45, 7) is 5.03. The molecule has 0 aromatic carbocycles. The summed E-state index contributed by atoms with van der Waals surface area (Å²) in [4.78, 5) is 4.11. The van der Waals surface area contributed by atoms with Gasteiger partial charge in [0.05, 0.1) is 7.11 Å². The van der Waals surface area contributed by atoms with Crippen LogP contribution in [0.25, 0.3) is 0 Å². The lowest BCUT2D eigenvalue weighted by atomic mass is 10.2. The average molecular weight is 180 g/mol. The fraction of sp³-hybridized carbons (Fsp3) is 0.500. The van der Waals surface area contributed by atoms with E-state index in [0.717, 1.165) is 12.1 Å². The molecule has 0 fully saturated rings. The predicted molar refractivity (Wildman–Crippen MR) is 52.8 cm³/mol. The van der Waals surface area contributed by atoms with E-state index in [1.54, 1.807) is 13.3 Å². The monoisotopic (exact) mass is 180 g/mol. The highest BCUT2D eigenvalue weighted by Gasteiger charge is 2.02. The molecule has 1 rings (SSSR count). The summed E-state index contributed by atoms with van der Waals surface area (Å²) >= 11 is 0. The molecule has 3 nitrogen and oxygen atoms in total. The summed E-state index contributed by atoms with van der Waals surface area (Å²) in [5.74, 6) is 0.704. The van der Waals surface area contributed by atoms with Crippen molar-refractivity contribution >= 4 is 0 Å². The normalized spacial score (nSPS) is 10.5. The number of nitrogens with one attached hydrogen (secondary N) is 1. The Kier molecular flexibility index (Phi) is 3.71. The van der Waals surface area contributed by atoms with Crippen LogP contribution in [0, 0.1) is 0 Å². The Morgan fingerprint density at radius 1 is 1.54 bits per heavy atom. The van der Waals surface area contributed by atoms with Gasteiger partial charge in [-0.1, -0.05) is 19.9 Å². The zero-order valence-electron chi connectivity index (χ0n) is 8.37. The zero-order chi connectivity index (χ0) is 9.68. The Bertz CT molecular complexity index is 261. The number of nitrogens with zero attached hydrogens (tertiary/aromatic N) is 1. The number of hydrogen-bond donors (Lipinski definition) is 1. The lowest BCUT2D eigenvalue weighted by Crippen LogP contribution is -2.22. The van der Waals surface area contributed by atoms with Crippen molar-refractivity contribution in [1.82, 2.24) is 10.3 Å². The second-order valence-corrected chi connectivity index (χ2v) is 3.21. The van der Waals surface area contributed by atoms with E-state index in [4.69, 9.17) is 4.74 Å². The van der Waals surface area contributed by atoms with Gasteiger partial charge < -0.3 is 10.1 Å². The fourth-order valence-electron chi connectivity index (χ4n) is 1.06. The van der Waals surface area contributed by atoms with Gasteiger partial charge in [0.2, 0.25) is 5.88 Å². The molecule has 13 heavy (non-hydrogen) atoms. The quantitative estimate of drug-likeness (QED) is 0.764. The van der Waals surface area contributed by atoms with Gasteiger partial charge in [-0.15, -0.1) is 0 Å². The summed E-state index contributed by atoms with van der Waals surface area (Å²) in [5, 5.41) is 3.32. The van der Waals surface area contributed by atoms with Gasteiger partial charge in [-0.05, 0) is 6.07 Å². The van der Waals surface area contributed by atoms with Crippen molar-refractivity contribution in [3.8, 4) is 5.88 Å². The van der Waals surface area contributed by atoms with E-state index in [9.17, 15) is 0 Å². The molecule has 0 atom stereocenters. The molecule has 0 aliphatic heterocycles. The van der Waals surface area contributed by atoms with Crippen LogP contribution in [0.5, 0.6) is 5.88 Å². The van der Waals surface area contributed by atoms with Crippen molar-refractivity contribution in [2.24, 2.45) is 0 Å². The molecule has 0 aliphatic rings. The van der Waals surface area contributed by atoms with Gasteiger partial charge in [-0.25, -0.2) is 4.98 Å². The van der Waals surface area contributed by atoms with Crippen molar-refractivity contribution in [2.45, 2.75) is 26.4 Å². The van der Waals surface area contributed by atoms with E-state index >= 15 is 0 Å². The topological polar surface area (TPSA) is 34.1 Å². The van der Waals surface area contributed by atoms with E-state index in [1.807, 2.05) is 12.1 Å². The highest BCUT2D eigenvalue weighted by molar-refractivity contribution is 5.24. The number of hydrogen-bond acceptors (Lipinski definition) is 3. The van der Waals surface area contributed by atoms with Crippen LogP contribution in [0.15, 0.2) is 18.3 Å². The first-order valence-electron chi connectivity index (χ1n) is 4.45. The van der Waals surface area contributed by atoms with Crippen LogP contribution in [-0.4, -0.2) is 18.1 Å². The van der Waals surface area contributed by atoms with Crippen LogP contribution < -0.4 is 10.1 Å². The van der Waals surface area contributed by atoms with E-state index < -0.39 is 0 Å². The third-order valence-electron chi connectivity index (χ3n) is 1.74. The standard InChI is InChI=1S/C10H16N2O/c1-8(2)12-7-9-5-4-6-11-10(9)13-3/h4-6,8,12H,7H2,1-3H3. The summed E-state index contributed by atoms with van der Waals surface area (Å²) in [5.41, 5.74) is 1.10. The third-order valence-corrected chi connectivity index (χ3v) is 1.74. The number of ether oxygens (including phenoxy) is 1. The Balaban J connectivity index is 2.64. The van der Waals surface area contributed by atoms with Crippen LogP contribution in [-0.2, 0) is 6.54 Å². The molecule has 0 bridgehead atoms. The van der Waals surface area contributed by atoms with E-state index in [-0.39, 0.29) is 0 Å². The number of aromatic nitrogens is 1. The molecule has 1 aromatic heterocycles. The van der Waals surface area contributed by atoms with Crippen molar-refractivity contribution < 1.29 is 4.74 Å². The first kappa shape index (κ1) is 9.99. The first-order chi connectivity index (χ1) is 6.24. The van der Waals surface area contributed by atoms with Gasteiger partial charge in [-0.2, -0.15) is 0 Å². The maximum absolute atomic E-state index is 5.13. The first-order valence-corrected chi connectivity index (χ1v) is 4.45. The molecule has 72 valence electrons. The minimum absolute atomic E-state index is 0.477. The van der Waals surface area contributed by atoms with Crippen LogP contribution in [0.1, 0.15) is 19.4 Å². The lowest BCUT2D eigenvalue weighted by Gasteiger charge is -2.10. The van der Waals surface area contributed by atoms with Gasteiger partial charge in [0.1, 0.15) is 0 Å². The summed E-state index contributed by atoms with van der Waals surface area (Å²) in [7, 11) is 1.64. The molecule has 1 aromatic rings. The third kappa shape index (κ3) is 3.03. The molecule has 1 heterocycles. The van der Waals surface area contributed by atoms with Gasteiger partial charge in [0.25, 0.3) is 0 Å². The summed E-state index contributed by atoms with van der Waals surface area (Å²) in [6, 6.07) is 4.41. The zero-order valence-corrected chi connectivity index (χ0v) is 8.37. The van der Waals surface area contributed by atoms with Crippen LogP contribution in [0.2, 0.25) is 0 Å². The van der Waals surface area contributed by atoms with Crippen LogP contribution in [0.4, 0.5) is 0 Å². The average Bonchev–Trinajstić information content (AvgIpc) is 2.15. The molecular weight excluding hydrogens is 164 g/mol. The molecule has 0 unspecified atom stereocenters. The lowest BCUT2D eigenvalue weighted by molar-refractivity contribution is 0.389. The predicted octanol–water partition coefficient (Wildman–Crippen LogP) is 1.59. The number of pyridine rings is 1. The molecule has 0 amide bonds. The smallest absolute Gasteiger partial charge is 0.217 e. The fourth-order valence-corrected chi connectivity index (χ4v) is 1.06. The second kappa shape index (κ2) is 4.82. The molecule has 3 heteroatoms. The second-order valence-electron chi connectivity index (χ2n) is 3.21. The summed E-state index contributed by atoms with van der Waals surface area (Å²) < 4.78 is 5.13. The Morgan fingerprint density at radius 3 is 2.92 bits per heavy atom. The maximum Gasteiger partial charge on any atom is 0.217 e. The van der Waals surface area contributed by atoms with Gasteiger partial charge >= 0.3 is 0 Å². The molecule has 0 saturated carbocycles. The molecular formula is C10H16N2O. The minimum Gasteiger partial charge on any atom is -0.481 e. The van der Waals surface area contributed by atoms with Crippen molar-refractivity contribution in [3.05, 3.63) is 23.9 Å². The molecule has 0 radical (unpaired) electrons. The van der Waals surface area contributed by atoms with Crippen LogP contribution in [0.3, 0.4) is 0 Å². The van der Waals surface area contributed by atoms with E-state index in [0.29, 0.717) is 11.9 Å². The molecule has 0 spiro atoms. The van der Waals surface area contributed by atoms with E-state index in [2.05, 4.69) is 24.1 Å². The Morgan fingerprint density at radius 2 is 2.31 bits per heavy atom. The SMILES string of the molecule is COc1ncccc1CNC(C)C. The minimum atomic E-state index is 0.477. The molecule has 1 N–H and O–H groups in total. The van der Waals surface area contributed by atoms with Crippen molar-refractivity contribution in [2.75, 3.05) is 7.11 Å². The highest BCUT2D eigenvalue weighted by atomic mass is 16.5. The van der Waals surface area contributed by atoms with E-state index in [1.165, 1.54) is 0 Å². The van der Waals surface area contributed by atoms with Crippen LogP contribution >= 0.6 is 0 Å². The van der Waals surface area contributed by atoms with Crippen molar-refractivity contribution in [3.63, 3.8) is 0 Å². The van der Waals surface area contributed by atoms with Gasteiger partial charge in [0.15, 0.2) is 0 Å². The van der Waals surface area contributed by atoms with Crippen molar-refractivity contribution in [1.29, 1.82) is 0 Å². The van der Waals surface area contributed by atoms with Gasteiger partial charge in [0, 0.05) is 24.3 Å². The number of rotatable bonds is 4. The Labute approximate surface area is 79.1 Å². The summed E-state index contributed by atoms with van der Waals surface area (Å²) in [6.07, 6.45) is 1.73. The highest BCUT2D eigenvalue weighted by Crippen LogP contribution is 2.12. The Hall–Kier alpha value is -1.09. The van der Waals surface area contributed by atoms with Gasteiger partial charge in [-0.3, -0.25) is 0 Å². The molecule has 0 aliphatic carbocycles. The maximum atomic E-state index is 5.13.